The third kappa shape index (κ3) is 2.47. The number of hydrogen-bond acceptors (Lipinski definition) is 3. The molecule has 0 saturated carbocycles. The Morgan fingerprint density at radius 2 is 1.91 bits per heavy atom. The van der Waals surface area contributed by atoms with Gasteiger partial charge in [-0.05, 0) is 31.5 Å². The van der Waals surface area contributed by atoms with E-state index in [1.807, 2.05) is 0 Å². The monoisotopic (exact) mass is 313 g/mol. The molecular weight excluding hydrogens is 299 g/mol. The molecule has 0 aliphatic heterocycles. The van der Waals surface area contributed by atoms with Crippen molar-refractivity contribution in [2.24, 2.45) is 7.05 Å². The van der Waals surface area contributed by atoms with Crippen LogP contribution in [-0.2, 0) is 22.8 Å². The van der Waals surface area contributed by atoms with E-state index in [-0.39, 0.29) is 28.8 Å². The summed E-state index contributed by atoms with van der Waals surface area (Å²) in [5.74, 6) is -2.03. The van der Waals surface area contributed by atoms with Crippen molar-refractivity contribution in [3.63, 3.8) is 0 Å². The molecule has 0 fully saturated rings. The summed E-state index contributed by atoms with van der Waals surface area (Å²) in [4.78, 5) is 23.7. The van der Waals surface area contributed by atoms with Gasteiger partial charge in [0, 0.05) is 18.0 Å². The Labute approximate surface area is 124 Å². The van der Waals surface area contributed by atoms with Crippen molar-refractivity contribution < 1.29 is 27.5 Å². The maximum atomic E-state index is 13.1. The second kappa shape index (κ2) is 5.47. The number of ketones is 1. The van der Waals surface area contributed by atoms with Crippen molar-refractivity contribution in [2.75, 3.05) is 6.61 Å². The Balaban J connectivity index is 2.74. The molecule has 1 aromatic carbocycles. The zero-order valence-electron chi connectivity index (χ0n) is 12.2. The first-order valence-corrected chi connectivity index (χ1v) is 6.56. The van der Waals surface area contributed by atoms with Crippen molar-refractivity contribution in [1.29, 1.82) is 0 Å². The maximum Gasteiger partial charge on any atom is 0.417 e. The standard InChI is InChI=1S/C15H14F3NO3/c1-4-22-14(21)13(20)12-8(2)11-9(15(16,17)18)6-5-7-10(11)19(12)3/h5-7H,4H2,1-3H3. The van der Waals surface area contributed by atoms with Gasteiger partial charge in [-0.1, -0.05) is 6.07 Å². The minimum absolute atomic E-state index is 0.0152. The molecule has 118 valence electrons. The topological polar surface area (TPSA) is 48.3 Å². The van der Waals surface area contributed by atoms with Gasteiger partial charge in [-0.2, -0.15) is 13.2 Å². The van der Waals surface area contributed by atoms with Gasteiger partial charge in [0.05, 0.1) is 12.2 Å². The highest BCUT2D eigenvalue weighted by Gasteiger charge is 2.35. The number of aryl methyl sites for hydroxylation is 2. The van der Waals surface area contributed by atoms with Gasteiger partial charge in [0.1, 0.15) is 5.69 Å². The fraction of sp³-hybridized carbons (Fsp3) is 0.333. The van der Waals surface area contributed by atoms with E-state index < -0.39 is 23.5 Å². The van der Waals surface area contributed by atoms with Crippen LogP contribution in [0.2, 0.25) is 0 Å². The van der Waals surface area contributed by atoms with E-state index in [0.29, 0.717) is 0 Å². The predicted molar refractivity (Wildman–Crippen MR) is 73.6 cm³/mol. The minimum atomic E-state index is -4.55. The quantitative estimate of drug-likeness (QED) is 0.496. The third-order valence-corrected chi connectivity index (χ3v) is 3.45. The summed E-state index contributed by atoms with van der Waals surface area (Å²) in [6.45, 7) is 2.95. The number of Topliss-reactive ketones (excluding diaryl/α,β-unsaturated/α-hetero) is 1. The molecular formula is C15H14F3NO3. The second-order valence-electron chi connectivity index (χ2n) is 4.78. The molecule has 0 aliphatic rings. The lowest BCUT2D eigenvalue weighted by atomic mass is 10.0. The number of fused-ring (bicyclic) bond motifs is 1. The van der Waals surface area contributed by atoms with Crippen molar-refractivity contribution in [2.45, 2.75) is 20.0 Å². The molecule has 0 saturated heterocycles. The van der Waals surface area contributed by atoms with Gasteiger partial charge >= 0.3 is 12.1 Å². The lowest BCUT2D eigenvalue weighted by Gasteiger charge is -2.08. The molecule has 2 rings (SSSR count). The van der Waals surface area contributed by atoms with Gasteiger partial charge in [-0.15, -0.1) is 0 Å². The first-order chi connectivity index (χ1) is 10.2. The third-order valence-electron chi connectivity index (χ3n) is 3.45. The van der Waals surface area contributed by atoms with Crippen LogP contribution >= 0.6 is 0 Å². The summed E-state index contributed by atoms with van der Waals surface area (Å²) < 4.78 is 45.3. The number of hydrogen-bond donors (Lipinski definition) is 0. The summed E-state index contributed by atoms with van der Waals surface area (Å²) in [6.07, 6.45) is -4.55. The molecule has 0 bridgehead atoms. The number of halogens is 3. The number of carbonyl (C=O) groups excluding carboxylic acids is 2. The molecule has 0 aliphatic carbocycles. The van der Waals surface area contributed by atoms with Crippen molar-refractivity contribution in [1.82, 2.24) is 4.57 Å². The molecule has 0 unspecified atom stereocenters. The van der Waals surface area contributed by atoms with Crippen LogP contribution in [0.5, 0.6) is 0 Å². The van der Waals surface area contributed by atoms with E-state index >= 15 is 0 Å². The van der Waals surface area contributed by atoms with Crippen molar-refractivity contribution in [3.05, 3.63) is 35.0 Å². The normalized spacial score (nSPS) is 11.7. The Kier molecular flexibility index (Phi) is 4.00. The minimum Gasteiger partial charge on any atom is -0.460 e. The molecule has 0 atom stereocenters. The smallest absolute Gasteiger partial charge is 0.417 e. The average Bonchev–Trinajstić information content (AvgIpc) is 2.69. The van der Waals surface area contributed by atoms with Crippen LogP contribution in [0.1, 0.15) is 28.5 Å². The lowest BCUT2D eigenvalue weighted by Crippen LogP contribution is -2.20. The molecule has 0 N–H and O–H groups in total. The number of rotatable bonds is 3. The first kappa shape index (κ1) is 16.1. The Morgan fingerprint density at radius 3 is 2.45 bits per heavy atom. The Hall–Kier alpha value is -2.31. The van der Waals surface area contributed by atoms with Gasteiger partial charge in [0.15, 0.2) is 0 Å². The van der Waals surface area contributed by atoms with Crippen LogP contribution in [0, 0.1) is 6.92 Å². The highest BCUT2D eigenvalue weighted by atomic mass is 19.4. The molecule has 22 heavy (non-hydrogen) atoms. The van der Waals surface area contributed by atoms with Crippen molar-refractivity contribution >= 4 is 22.7 Å². The Morgan fingerprint density at radius 1 is 1.27 bits per heavy atom. The van der Waals surface area contributed by atoms with Crippen LogP contribution in [0.15, 0.2) is 18.2 Å². The fourth-order valence-corrected chi connectivity index (χ4v) is 2.56. The number of benzene rings is 1. The number of aromatic nitrogens is 1. The summed E-state index contributed by atoms with van der Waals surface area (Å²) in [6, 6.07) is 3.69. The van der Waals surface area contributed by atoms with Gasteiger partial charge in [0.2, 0.25) is 0 Å². The van der Waals surface area contributed by atoms with E-state index in [0.717, 1.165) is 6.07 Å². The van der Waals surface area contributed by atoms with Crippen LogP contribution in [0.3, 0.4) is 0 Å². The lowest BCUT2D eigenvalue weighted by molar-refractivity contribution is -0.137. The Bertz CT molecular complexity index is 759. The van der Waals surface area contributed by atoms with E-state index in [1.165, 1.54) is 30.7 Å². The molecule has 2 aromatic rings. The van der Waals surface area contributed by atoms with E-state index in [2.05, 4.69) is 4.74 Å². The van der Waals surface area contributed by atoms with Crippen LogP contribution in [-0.4, -0.2) is 22.9 Å². The molecule has 7 heteroatoms. The second-order valence-corrected chi connectivity index (χ2v) is 4.78. The molecule has 1 aromatic heterocycles. The number of nitrogens with zero attached hydrogens (tertiary/aromatic N) is 1. The van der Waals surface area contributed by atoms with Crippen molar-refractivity contribution in [3.8, 4) is 0 Å². The first-order valence-electron chi connectivity index (χ1n) is 6.56. The average molecular weight is 313 g/mol. The summed E-state index contributed by atoms with van der Waals surface area (Å²) >= 11 is 0. The zero-order chi connectivity index (χ0) is 16.7. The van der Waals surface area contributed by atoms with E-state index in [4.69, 9.17) is 0 Å². The number of ether oxygens (including phenoxy) is 1. The van der Waals surface area contributed by atoms with E-state index in [1.54, 1.807) is 6.92 Å². The van der Waals surface area contributed by atoms with Crippen LogP contribution in [0.4, 0.5) is 13.2 Å². The van der Waals surface area contributed by atoms with E-state index in [9.17, 15) is 22.8 Å². The molecule has 1 heterocycles. The van der Waals surface area contributed by atoms with Crippen LogP contribution in [0.25, 0.3) is 10.9 Å². The van der Waals surface area contributed by atoms with Gasteiger partial charge < -0.3 is 9.30 Å². The zero-order valence-corrected chi connectivity index (χ0v) is 12.2. The summed E-state index contributed by atoms with van der Waals surface area (Å²) in [5.41, 5.74) is -0.574. The van der Waals surface area contributed by atoms with Gasteiger partial charge in [-0.25, -0.2) is 4.79 Å². The number of carbonyl (C=O) groups is 2. The maximum absolute atomic E-state index is 13.1. The predicted octanol–water partition coefficient (Wildman–Crippen LogP) is 3.25. The highest BCUT2D eigenvalue weighted by molar-refractivity contribution is 6.41. The molecule has 0 amide bonds. The number of esters is 1. The largest absolute Gasteiger partial charge is 0.460 e. The van der Waals surface area contributed by atoms with Gasteiger partial charge in [-0.3, -0.25) is 4.79 Å². The number of alkyl halides is 3. The molecule has 4 nitrogen and oxygen atoms in total. The summed E-state index contributed by atoms with van der Waals surface area (Å²) in [7, 11) is 1.45. The highest BCUT2D eigenvalue weighted by Crippen LogP contribution is 2.38. The fourth-order valence-electron chi connectivity index (χ4n) is 2.56. The SMILES string of the molecule is CCOC(=O)C(=O)c1c(C)c2c(C(F)(F)F)cccc2n1C. The summed E-state index contributed by atoms with van der Waals surface area (Å²) in [5, 5.41) is -0.0786. The van der Waals surface area contributed by atoms with Gasteiger partial charge in [0.25, 0.3) is 5.78 Å². The molecule has 0 spiro atoms. The molecule has 0 radical (unpaired) electrons. The van der Waals surface area contributed by atoms with Crippen LogP contribution < -0.4 is 0 Å².